The second-order valence-corrected chi connectivity index (χ2v) is 5.45. The van der Waals surface area contributed by atoms with Crippen molar-refractivity contribution in [1.82, 2.24) is 0 Å². The fraction of sp³-hybridized carbons (Fsp3) is 0.417. The van der Waals surface area contributed by atoms with E-state index >= 15 is 0 Å². The lowest BCUT2D eigenvalue weighted by molar-refractivity contribution is 0.0789. The number of carbonyl (C=O) groups excluding carboxylic acids is 1. The van der Waals surface area contributed by atoms with Crippen LogP contribution in [0.3, 0.4) is 0 Å². The SMILES string of the molecule is Cc1cc(Br)ccc1N1CC(C)(CN)OC1=O. The number of carbonyl (C=O) groups is 1. The number of halogens is 1. The first-order chi connectivity index (χ1) is 7.95. The summed E-state index contributed by atoms with van der Waals surface area (Å²) >= 11 is 3.40. The van der Waals surface area contributed by atoms with Crippen molar-refractivity contribution in [2.45, 2.75) is 19.4 Å². The summed E-state index contributed by atoms with van der Waals surface area (Å²) in [5.41, 5.74) is 6.93. The Bertz CT molecular complexity index is 464. The van der Waals surface area contributed by atoms with Crippen molar-refractivity contribution in [3.63, 3.8) is 0 Å². The molecule has 2 rings (SSSR count). The van der Waals surface area contributed by atoms with Gasteiger partial charge in [-0.3, -0.25) is 4.90 Å². The molecule has 92 valence electrons. The molecule has 5 heteroatoms. The number of hydrogen-bond donors (Lipinski definition) is 1. The normalized spacial score (nSPS) is 24.0. The third-order valence-electron chi connectivity index (χ3n) is 2.93. The summed E-state index contributed by atoms with van der Waals surface area (Å²) < 4.78 is 6.29. The highest BCUT2D eigenvalue weighted by atomic mass is 79.9. The first-order valence-electron chi connectivity index (χ1n) is 5.42. The van der Waals surface area contributed by atoms with E-state index in [1.54, 1.807) is 4.90 Å². The van der Waals surface area contributed by atoms with E-state index in [4.69, 9.17) is 10.5 Å². The number of cyclic esters (lactones) is 1. The van der Waals surface area contributed by atoms with Gasteiger partial charge in [-0.15, -0.1) is 0 Å². The minimum atomic E-state index is -0.587. The fourth-order valence-electron chi connectivity index (χ4n) is 1.91. The molecule has 1 aliphatic rings. The Hall–Kier alpha value is -1.07. The lowest BCUT2D eigenvalue weighted by Gasteiger charge is -2.19. The van der Waals surface area contributed by atoms with Crippen molar-refractivity contribution < 1.29 is 9.53 Å². The molecule has 1 heterocycles. The van der Waals surface area contributed by atoms with Gasteiger partial charge in [-0.1, -0.05) is 15.9 Å². The molecule has 1 atom stereocenters. The predicted octanol–water partition coefficient (Wildman–Crippen LogP) is 2.43. The van der Waals surface area contributed by atoms with Crippen LogP contribution in [0.25, 0.3) is 0 Å². The van der Waals surface area contributed by atoms with Crippen molar-refractivity contribution in [3.05, 3.63) is 28.2 Å². The van der Waals surface area contributed by atoms with Gasteiger partial charge >= 0.3 is 6.09 Å². The molecule has 0 bridgehead atoms. The van der Waals surface area contributed by atoms with Crippen LogP contribution < -0.4 is 10.6 Å². The first kappa shape index (κ1) is 12.4. The number of rotatable bonds is 2. The van der Waals surface area contributed by atoms with Crippen molar-refractivity contribution in [2.24, 2.45) is 5.73 Å². The zero-order valence-electron chi connectivity index (χ0n) is 9.87. The van der Waals surface area contributed by atoms with Crippen molar-refractivity contribution >= 4 is 27.7 Å². The molecular formula is C12H15BrN2O2. The van der Waals surface area contributed by atoms with Gasteiger partial charge in [0.2, 0.25) is 0 Å². The van der Waals surface area contributed by atoms with Gasteiger partial charge in [0.25, 0.3) is 0 Å². The van der Waals surface area contributed by atoms with Gasteiger partial charge in [-0.2, -0.15) is 0 Å². The monoisotopic (exact) mass is 298 g/mol. The quantitative estimate of drug-likeness (QED) is 0.912. The number of benzene rings is 1. The van der Waals surface area contributed by atoms with Crippen molar-refractivity contribution in [1.29, 1.82) is 0 Å². The lowest BCUT2D eigenvalue weighted by Crippen LogP contribution is -2.38. The van der Waals surface area contributed by atoms with Crippen LogP contribution in [0.5, 0.6) is 0 Å². The Morgan fingerprint density at radius 3 is 2.82 bits per heavy atom. The van der Waals surface area contributed by atoms with E-state index in [1.807, 2.05) is 32.0 Å². The number of nitrogens with two attached hydrogens (primary N) is 1. The molecule has 1 unspecified atom stereocenters. The van der Waals surface area contributed by atoms with E-state index in [1.165, 1.54) is 0 Å². The molecule has 1 fully saturated rings. The van der Waals surface area contributed by atoms with E-state index in [0.717, 1.165) is 15.7 Å². The van der Waals surface area contributed by atoms with E-state index < -0.39 is 5.60 Å². The van der Waals surface area contributed by atoms with Crippen LogP contribution in [0.4, 0.5) is 10.5 Å². The van der Waals surface area contributed by atoms with Crippen LogP contribution in [-0.2, 0) is 4.74 Å². The molecule has 1 amide bonds. The highest BCUT2D eigenvalue weighted by Gasteiger charge is 2.41. The minimum absolute atomic E-state index is 0.324. The van der Waals surface area contributed by atoms with Crippen LogP contribution in [0.2, 0.25) is 0 Å². The summed E-state index contributed by atoms with van der Waals surface area (Å²) in [6.45, 7) is 4.63. The molecule has 1 aromatic carbocycles. The minimum Gasteiger partial charge on any atom is -0.440 e. The number of aryl methyl sites for hydroxylation is 1. The van der Waals surface area contributed by atoms with Crippen molar-refractivity contribution in [3.8, 4) is 0 Å². The number of anilines is 1. The smallest absolute Gasteiger partial charge is 0.415 e. The molecule has 0 saturated carbocycles. The van der Waals surface area contributed by atoms with Crippen LogP contribution >= 0.6 is 15.9 Å². The second kappa shape index (κ2) is 4.31. The zero-order chi connectivity index (χ0) is 12.6. The van der Waals surface area contributed by atoms with Gasteiger partial charge in [0, 0.05) is 11.0 Å². The van der Waals surface area contributed by atoms with E-state index in [-0.39, 0.29) is 6.09 Å². The Morgan fingerprint density at radius 2 is 2.29 bits per heavy atom. The topological polar surface area (TPSA) is 55.6 Å². The van der Waals surface area contributed by atoms with Gasteiger partial charge in [0.15, 0.2) is 0 Å². The first-order valence-corrected chi connectivity index (χ1v) is 6.21. The molecule has 17 heavy (non-hydrogen) atoms. The summed E-state index contributed by atoms with van der Waals surface area (Å²) in [4.78, 5) is 13.5. The van der Waals surface area contributed by atoms with E-state index in [2.05, 4.69) is 15.9 Å². The molecule has 0 spiro atoms. The van der Waals surface area contributed by atoms with Crippen LogP contribution in [0.1, 0.15) is 12.5 Å². The van der Waals surface area contributed by atoms with Crippen molar-refractivity contribution in [2.75, 3.05) is 18.0 Å². The third kappa shape index (κ3) is 2.30. The van der Waals surface area contributed by atoms with E-state index in [9.17, 15) is 4.79 Å². The highest BCUT2D eigenvalue weighted by Crippen LogP contribution is 2.30. The highest BCUT2D eigenvalue weighted by molar-refractivity contribution is 9.10. The largest absolute Gasteiger partial charge is 0.440 e. The molecule has 2 N–H and O–H groups in total. The molecule has 1 aromatic rings. The maximum Gasteiger partial charge on any atom is 0.415 e. The molecule has 4 nitrogen and oxygen atoms in total. The summed E-state index contributed by atoms with van der Waals surface area (Å²) in [6, 6.07) is 5.79. The van der Waals surface area contributed by atoms with Gasteiger partial charge in [0.05, 0.1) is 12.2 Å². The Labute approximate surface area is 109 Å². The van der Waals surface area contributed by atoms with Gasteiger partial charge in [0.1, 0.15) is 5.60 Å². The molecular weight excluding hydrogens is 284 g/mol. The Balaban J connectivity index is 2.32. The Morgan fingerprint density at radius 1 is 1.59 bits per heavy atom. The summed E-state index contributed by atoms with van der Waals surface area (Å²) in [6.07, 6.45) is -0.330. The summed E-state index contributed by atoms with van der Waals surface area (Å²) in [5, 5.41) is 0. The number of nitrogens with zero attached hydrogens (tertiary/aromatic N) is 1. The molecule has 0 aliphatic carbocycles. The Kier molecular flexibility index (Phi) is 3.14. The van der Waals surface area contributed by atoms with Crippen LogP contribution in [0.15, 0.2) is 22.7 Å². The number of amides is 1. The molecule has 1 saturated heterocycles. The molecule has 1 aliphatic heterocycles. The van der Waals surface area contributed by atoms with Crippen LogP contribution in [-0.4, -0.2) is 24.8 Å². The van der Waals surface area contributed by atoms with Gasteiger partial charge in [-0.25, -0.2) is 4.79 Å². The van der Waals surface area contributed by atoms with Gasteiger partial charge in [-0.05, 0) is 37.6 Å². The fourth-order valence-corrected chi connectivity index (χ4v) is 2.38. The number of hydrogen-bond acceptors (Lipinski definition) is 3. The molecule has 0 radical (unpaired) electrons. The number of ether oxygens (including phenoxy) is 1. The standard InChI is InChI=1S/C12H15BrN2O2/c1-8-5-9(13)3-4-10(8)15-7-12(2,6-14)17-11(15)16/h3-5H,6-7,14H2,1-2H3. The summed E-state index contributed by atoms with van der Waals surface area (Å²) in [5.74, 6) is 0. The maximum atomic E-state index is 11.8. The van der Waals surface area contributed by atoms with Gasteiger partial charge < -0.3 is 10.5 Å². The summed E-state index contributed by atoms with van der Waals surface area (Å²) in [7, 11) is 0. The van der Waals surface area contributed by atoms with E-state index in [0.29, 0.717) is 13.1 Å². The second-order valence-electron chi connectivity index (χ2n) is 4.54. The molecule has 0 aromatic heterocycles. The third-order valence-corrected chi connectivity index (χ3v) is 3.42. The predicted molar refractivity (Wildman–Crippen MR) is 70.2 cm³/mol. The van der Waals surface area contributed by atoms with Crippen LogP contribution in [0, 0.1) is 6.92 Å². The average Bonchev–Trinajstić information content (AvgIpc) is 2.55. The lowest BCUT2D eigenvalue weighted by atomic mass is 10.1. The zero-order valence-corrected chi connectivity index (χ0v) is 11.5. The average molecular weight is 299 g/mol. The maximum absolute atomic E-state index is 11.8.